The first kappa shape index (κ1) is 30.9. The Labute approximate surface area is 238 Å². The predicted molar refractivity (Wildman–Crippen MR) is 140 cm³/mol. The van der Waals surface area contributed by atoms with Crippen LogP contribution in [0, 0.1) is 11.5 Å². The molecule has 1 aromatic carbocycles. The molecule has 0 saturated carbocycles. The number of anilines is 1. The predicted octanol–water partition coefficient (Wildman–Crippen LogP) is 3.25. The van der Waals surface area contributed by atoms with Crippen molar-refractivity contribution in [2.75, 3.05) is 45.2 Å². The fraction of sp³-hybridized carbons (Fsp3) is 0.440. The molecule has 228 valence electrons. The Kier molecular flexibility index (Phi) is 7.40. The molecule has 42 heavy (non-hydrogen) atoms. The molecule has 3 unspecified atom stereocenters. The van der Waals surface area contributed by atoms with E-state index in [4.69, 9.17) is 4.74 Å². The van der Waals surface area contributed by atoms with Gasteiger partial charge >= 0.3 is 10.2 Å². The number of carbonyl (C=O) groups is 3. The van der Waals surface area contributed by atoms with Crippen molar-refractivity contribution >= 4 is 33.6 Å². The molecule has 3 amide bonds. The van der Waals surface area contributed by atoms with Crippen LogP contribution < -0.4 is 4.90 Å². The minimum Gasteiger partial charge on any atom is -0.379 e. The van der Waals surface area contributed by atoms with E-state index in [0.717, 1.165) is 9.80 Å². The van der Waals surface area contributed by atoms with Gasteiger partial charge in [0.25, 0.3) is 11.8 Å². The molecule has 0 N–H and O–H groups in total. The number of carbonyl (C=O) groups excluding carboxylic acids is 3. The fourth-order valence-electron chi connectivity index (χ4n) is 5.03. The minimum absolute atomic E-state index is 0.0132. The van der Waals surface area contributed by atoms with E-state index >= 15 is 0 Å². The number of aromatic nitrogens is 2. The van der Waals surface area contributed by atoms with Gasteiger partial charge in [0.1, 0.15) is 10.9 Å². The first-order chi connectivity index (χ1) is 19.4. The summed E-state index contributed by atoms with van der Waals surface area (Å²) in [6, 6.07) is 0.344. The van der Waals surface area contributed by atoms with Crippen molar-refractivity contribution in [3.8, 4) is 6.19 Å². The lowest BCUT2D eigenvalue weighted by Gasteiger charge is -2.45. The van der Waals surface area contributed by atoms with Gasteiger partial charge in [-0.25, -0.2) is 0 Å². The van der Waals surface area contributed by atoms with Crippen LogP contribution in [0.4, 0.5) is 25.1 Å². The zero-order valence-corrected chi connectivity index (χ0v) is 23.6. The average molecular weight is 618 g/mol. The number of hydrogen-bond acceptors (Lipinski definition) is 8. The Hall–Kier alpha value is -4.04. The van der Waals surface area contributed by atoms with E-state index in [9.17, 15) is 39.1 Å². The number of nitriles is 1. The summed E-state index contributed by atoms with van der Waals surface area (Å²) >= 11 is 0. The summed E-state index contributed by atoms with van der Waals surface area (Å²) < 4.78 is 73.1. The Morgan fingerprint density at radius 2 is 1.81 bits per heavy atom. The van der Waals surface area contributed by atoms with E-state index in [1.807, 2.05) is 6.19 Å². The second-order valence-corrected chi connectivity index (χ2v) is 12.6. The molecule has 4 rings (SSSR count). The van der Waals surface area contributed by atoms with Crippen LogP contribution >= 0.6 is 10.2 Å². The standard InChI is InChI=1S/C25H28F5N7O4S/c1-25(21-13-32-8-9-33-21,24(40)35-11-10-34(2)22(38)15-35)37(23(39)20-12-18(41-3)14-36(20)16-31)17-4-6-19(7-5-17)42(26,27,28,29)30/h4-9,13,18,20H,10-12,14-15H2,1-3H3. The molecule has 2 fully saturated rings. The van der Waals surface area contributed by atoms with Gasteiger partial charge in [-0.2, -0.15) is 5.26 Å². The van der Waals surface area contributed by atoms with Crippen molar-refractivity contribution in [2.45, 2.75) is 35.9 Å². The third kappa shape index (κ3) is 5.81. The normalized spacial score (nSPS) is 22.5. The number of piperazine rings is 1. The van der Waals surface area contributed by atoms with Gasteiger partial charge in [0.2, 0.25) is 5.91 Å². The number of ether oxygens (including phenoxy) is 1. The molecule has 2 aliphatic heterocycles. The van der Waals surface area contributed by atoms with E-state index in [1.54, 1.807) is 7.05 Å². The van der Waals surface area contributed by atoms with E-state index in [0.29, 0.717) is 12.1 Å². The lowest BCUT2D eigenvalue weighted by atomic mass is 9.90. The second kappa shape index (κ2) is 10.1. The maximum Gasteiger partial charge on any atom is 0.310 e. The van der Waals surface area contributed by atoms with Crippen LogP contribution in [-0.2, 0) is 24.7 Å². The first-order valence-corrected chi connectivity index (χ1v) is 14.5. The third-order valence-corrected chi connectivity index (χ3v) is 8.60. The summed E-state index contributed by atoms with van der Waals surface area (Å²) in [5, 5.41) is 9.73. The summed E-state index contributed by atoms with van der Waals surface area (Å²) in [4.78, 5) is 51.6. The molecule has 3 heterocycles. The molecule has 0 aliphatic carbocycles. The molecular weight excluding hydrogens is 589 g/mol. The van der Waals surface area contributed by atoms with Crippen molar-refractivity contribution in [3.05, 3.63) is 48.5 Å². The minimum atomic E-state index is -10.1. The number of nitrogens with zero attached hydrogens (tertiary/aromatic N) is 7. The van der Waals surface area contributed by atoms with Crippen molar-refractivity contribution in [2.24, 2.45) is 0 Å². The highest BCUT2D eigenvalue weighted by Gasteiger charge is 2.65. The molecule has 2 saturated heterocycles. The van der Waals surface area contributed by atoms with Crippen LogP contribution in [0.25, 0.3) is 0 Å². The van der Waals surface area contributed by atoms with E-state index in [-0.39, 0.29) is 56.1 Å². The van der Waals surface area contributed by atoms with Crippen LogP contribution in [-0.4, -0.2) is 94.9 Å². The highest BCUT2D eigenvalue weighted by molar-refractivity contribution is 8.45. The van der Waals surface area contributed by atoms with Crippen molar-refractivity contribution in [1.29, 1.82) is 5.26 Å². The molecule has 2 aromatic rings. The number of amides is 3. The number of benzene rings is 1. The zero-order valence-electron chi connectivity index (χ0n) is 22.8. The van der Waals surface area contributed by atoms with Crippen molar-refractivity contribution < 1.29 is 38.5 Å². The topological polar surface area (TPSA) is 123 Å². The van der Waals surface area contributed by atoms with Gasteiger partial charge in [-0.15, -0.1) is 0 Å². The lowest BCUT2D eigenvalue weighted by molar-refractivity contribution is -0.148. The number of likely N-dealkylation sites (tertiary alicyclic amines) is 1. The van der Waals surface area contributed by atoms with Gasteiger partial charge in [0.15, 0.2) is 11.7 Å². The van der Waals surface area contributed by atoms with Gasteiger partial charge in [-0.1, -0.05) is 19.4 Å². The summed E-state index contributed by atoms with van der Waals surface area (Å²) in [5.74, 6) is -2.12. The van der Waals surface area contributed by atoms with E-state index in [2.05, 4.69) is 9.97 Å². The van der Waals surface area contributed by atoms with Crippen LogP contribution in [0.5, 0.6) is 0 Å². The summed E-state index contributed by atoms with van der Waals surface area (Å²) in [5.41, 5.74) is -2.62. The second-order valence-electron chi connectivity index (χ2n) is 10.2. The number of likely N-dealkylation sites (N-methyl/N-ethyl adjacent to an activating group) is 1. The molecule has 17 heteroatoms. The Morgan fingerprint density at radius 1 is 1.14 bits per heavy atom. The summed E-state index contributed by atoms with van der Waals surface area (Å²) in [6.45, 7) is 1.15. The number of rotatable bonds is 7. The third-order valence-electron chi connectivity index (χ3n) is 7.44. The highest BCUT2D eigenvalue weighted by atomic mass is 32.5. The zero-order chi connectivity index (χ0) is 31.2. The average Bonchev–Trinajstić information content (AvgIpc) is 3.37. The quantitative estimate of drug-likeness (QED) is 0.343. The van der Waals surface area contributed by atoms with Crippen LogP contribution in [0.15, 0.2) is 47.8 Å². The molecule has 1 aromatic heterocycles. The highest BCUT2D eigenvalue weighted by Crippen LogP contribution is 3.02. The summed E-state index contributed by atoms with van der Waals surface area (Å²) in [6.07, 6.45) is 5.01. The number of methoxy groups -OCH3 is 1. The smallest absolute Gasteiger partial charge is 0.310 e. The van der Waals surface area contributed by atoms with Crippen molar-refractivity contribution in [3.63, 3.8) is 0 Å². The number of hydrogen-bond donors (Lipinski definition) is 0. The molecular formula is C25H28F5N7O4S. The van der Waals surface area contributed by atoms with Gasteiger partial charge in [0.05, 0.1) is 31.1 Å². The maximum absolute atomic E-state index is 14.3. The summed E-state index contributed by atoms with van der Waals surface area (Å²) in [7, 11) is -7.16. The van der Waals surface area contributed by atoms with Crippen LogP contribution in [0.1, 0.15) is 19.0 Å². The monoisotopic (exact) mass is 617 g/mol. The van der Waals surface area contributed by atoms with Gasteiger partial charge in [-0.3, -0.25) is 34.2 Å². The molecule has 0 bridgehead atoms. The number of halogens is 5. The Morgan fingerprint density at radius 3 is 2.33 bits per heavy atom. The van der Waals surface area contributed by atoms with Crippen molar-refractivity contribution in [1.82, 2.24) is 24.7 Å². The van der Waals surface area contributed by atoms with Crippen LogP contribution in [0.3, 0.4) is 0 Å². The fourth-order valence-corrected chi connectivity index (χ4v) is 5.68. The van der Waals surface area contributed by atoms with Crippen LogP contribution in [0.2, 0.25) is 0 Å². The Balaban J connectivity index is 1.92. The first-order valence-electron chi connectivity index (χ1n) is 12.6. The molecule has 0 radical (unpaired) electrons. The Bertz CT molecular complexity index is 1430. The van der Waals surface area contributed by atoms with E-state index in [1.165, 1.54) is 42.4 Å². The molecule has 11 nitrogen and oxygen atoms in total. The maximum atomic E-state index is 14.3. The molecule has 0 spiro atoms. The SMILES string of the molecule is COC1CC(C(=O)N(c2ccc(S(F)(F)(F)(F)F)cc2)C(C)(C(=O)N2CCN(C)C(=O)C2)c2cnccn2)N(C#N)C1. The van der Waals surface area contributed by atoms with Gasteiger partial charge < -0.3 is 14.5 Å². The van der Waals surface area contributed by atoms with Gasteiger partial charge in [0, 0.05) is 51.7 Å². The van der Waals surface area contributed by atoms with Gasteiger partial charge in [-0.05, 0) is 31.2 Å². The molecule has 2 aliphatic rings. The largest absolute Gasteiger partial charge is 0.379 e. The molecule has 3 atom stereocenters. The van der Waals surface area contributed by atoms with E-state index < -0.39 is 50.5 Å². The lowest BCUT2D eigenvalue weighted by Crippen LogP contribution is -2.63.